The van der Waals surface area contributed by atoms with Gasteiger partial charge in [-0.05, 0) is 87.5 Å². The molecule has 11 heteroatoms. The molecule has 2 heterocycles. The van der Waals surface area contributed by atoms with Crippen LogP contribution in [0.3, 0.4) is 0 Å². The number of carbonyl (C=O) groups excluding carboxylic acids is 2. The van der Waals surface area contributed by atoms with Crippen molar-refractivity contribution in [3.8, 4) is 17.2 Å². The van der Waals surface area contributed by atoms with E-state index in [0.717, 1.165) is 47.1 Å². The molecule has 0 bridgehead atoms. The minimum absolute atomic E-state index is 0.0730. The lowest BCUT2D eigenvalue weighted by Gasteiger charge is -2.36. The zero-order chi connectivity index (χ0) is 36.6. The fourth-order valence-corrected chi connectivity index (χ4v) is 6.80. The van der Waals surface area contributed by atoms with Crippen LogP contribution in [0.2, 0.25) is 0 Å². The zero-order valence-electron chi connectivity index (χ0n) is 30.5. The molecule has 4 atom stereocenters. The van der Waals surface area contributed by atoms with Crippen molar-refractivity contribution in [2.75, 3.05) is 50.8 Å². The van der Waals surface area contributed by atoms with Gasteiger partial charge in [0.15, 0.2) is 11.5 Å². The summed E-state index contributed by atoms with van der Waals surface area (Å²) in [6.45, 7) is 8.19. The Morgan fingerprint density at radius 2 is 1.75 bits per heavy atom. The molecular weight excluding hydrogens is 660 g/mol. The van der Waals surface area contributed by atoms with Gasteiger partial charge in [0.2, 0.25) is 6.79 Å². The van der Waals surface area contributed by atoms with Crippen molar-refractivity contribution in [1.82, 2.24) is 9.80 Å². The zero-order valence-corrected chi connectivity index (χ0v) is 30.5. The Kier molecular flexibility index (Phi) is 12.2. The summed E-state index contributed by atoms with van der Waals surface area (Å²) in [6, 6.07) is 23.8. The average molecular weight is 711 g/mol. The molecule has 4 aromatic rings. The molecule has 2 aliphatic rings. The highest BCUT2D eigenvalue weighted by molar-refractivity contribution is 6.07. The summed E-state index contributed by atoms with van der Waals surface area (Å²) >= 11 is 0. The molecular formula is C41H50N4O7. The molecule has 0 unspecified atom stereocenters. The Morgan fingerprint density at radius 1 is 0.962 bits per heavy atom. The largest absolute Gasteiger partial charge is 0.490 e. The number of anilines is 2. The number of hydrogen-bond acceptors (Lipinski definition) is 8. The lowest BCUT2D eigenvalue weighted by Crippen LogP contribution is -2.47. The number of urea groups is 1. The number of nitrogens with one attached hydrogen (secondary N) is 2. The van der Waals surface area contributed by atoms with Crippen molar-refractivity contribution in [2.45, 2.75) is 64.8 Å². The van der Waals surface area contributed by atoms with Gasteiger partial charge in [-0.25, -0.2) is 4.79 Å². The van der Waals surface area contributed by atoms with Crippen molar-refractivity contribution in [2.24, 2.45) is 5.92 Å². The summed E-state index contributed by atoms with van der Waals surface area (Å²) in [5.74, 6) is 1.58. The van der Waals surface area contributed by atoms with Gasteiger partial charge in [0.05, 0.1) is 36.1 Å². The molecule has 2 aliphatic heterocycles. The van der Waals surface area contributed by atoms with Crippen molar-refractivity contribution < 1.29 is 33.6 Å². The first-order valence-electron chi connectivity index (χ1n) is 18.2. The van der Waals surface area contributed by atoms with Crippen LogP contribution in [0.5, 0.6) is 17.2 Å². The lowest BCUT2D eigenvalue weighted by atomic mass is 10.0. The summed E-state index contributed by atoms with van der Waals surface area (Å²) in [5.41, 5.74) is 2.54. The van der Waals surface area contributed by atoms with Gasteiger partial charge in [-0.1, -0.05) is 49.4 Å². The second-order valence-corrected chi connectivity index (χ2v) is 14.0. The van der Waals surface area contributed by atoms with Gasteiger partial charge >= 0.3 is 6.03 Å². The van der Waals surface area contributed by atoms with Crippen LogP contribution in [0, 0.1) is 5.92 Å². The molecule has 276 valence electrons. The number of aliphatic hydroxyl groups excluding tert-OH is 1. The molecule has 52 heavy (non-hydrogen) atoms. The molecule has 0 aromatic heterocycles. The van der Waals surface area contributed by atoms with E-state index in [-0.39, 0.29) is 37.4 Å². The normalized spacial score (nSPS) is 20.2. The minimum Gasteiger partial charge on any atom is -0.490 e. The number of rotatable bonds is 8. The van der Waals surface area contributed by atoms with Crippen molar-refractivity contribution in [3.05, 3.63) is 90.0 Å². The van der Waals surface area contributed by atoms with Crippen molar-refractivity contribution in [3.63, 3.8) is 0 Å². The molecule has 4 aromatic carbocycles. The van der Waals surface area contributed by atoms with Crippen LogP contribution in [-0.2, 0) is 11.3 Å². The number of fused-ring (bicyclic) bond motifs is 3. The van der Waals surface area contributed by atoms with Gasteiger partial charge in [0.25, 0.3) is 5.91 Å². The smallest absolute Gasteiger partial charge is 0.323 e. The number of nitrogens with zero attached hydrogens (tertiary/aromatic N) is 2. The number of likely N-dealkylation sites (N-methyl/N-ethyl adjacent to an activating group) is 1. The molecule has 3 N–H and O–H groups in total. The van der Waals surface area contributed by atoms with Crippen LogP contribution in [0.1, 0.15) is 56.0 Å². The van der Waals surface area contributed by atoms with Crippen LogP contribution in [0.15, 0.2) is 78.9 Å². The highest BCUT2D eigenvalue weighted by atomic mass is 16.7. The van der Waals surface area contributed by atoms with Gasteiger partial charge < -0.3 is 39.6 Å². The van der Waals surface area contributed by atoms with E-state index in [4.69, 9.17) is 18.9 Å². The van der Waals surface area contributed by atoms with Crippen molar-refractivity contribution in [1.29, 1.82) is 0 Å². The second-order valence-electron chi connectivity index (χ2n) is 14.0. The number of carbonyl (C=O) groups is 2. The minimum atomic E-state index is -0.480. The first kappa shape index (κ1) is 36.9. The molecule has 3 amide bonds. The summed E-state index contributed by atoms with van der Waals surface area (Å²) in [7, 11) is 2.06. The fraction of sp³-hybridized carbons (Fsp3) is 0.415. The number of aliphatic hydroxyl groups is 1. The Labute approximate surface area is 305 Å². The molecule has 6 rings (SSSR count). The van der Waals surface area contributed by atoms with Gasteiger partial charge in [0, 0.05) is 43.2 Å². The predicted molar refractivity (Wildman–Crippen MR) is 202 cm³/mol. The van der Waals surface area contributed by atoms with Crippen LogP contribution in [-0.4, -0.2) is 85.2 Å². The second kappa shape index (κ2) is 17.1. The third-order valence-corrected chi connectivity index (χ3v) is 9.73. The first-order valence-corrected chi connectivity index (χ1v) is 18.2. The fourth-order valence-electron chi connectivity index (χ4n) is 6.80. The van der Waals surface area contributed by atoms with Crippen LogP contribution in [0.4, 0.5) is 16.2 Å². The third-order valence-electron chi connectivity index (χ3n) is 9.73. The highest BCUT2D eigenvalue weighted by Gasteiger charge is 2.30. The standard InChI is InChI=1S/C41H50N4O7/c1-27-22-45(28(2)25-46)40(47)34-21-32(42-41(48)43-35-14-9-12-31-11-5-6-13-33(31)35)16-18-36(34)52-29(3)10-7-8-19-49-39(27)24-44(4)23-30-15-17-37-38(20-30)51-26-50-37/h5-6,9,11-18,20-21,27-29,39,46H,7-8,10,19,22-26H2,1-4H3,(H2,42,43,48)/t27-,28-,29-,39-/m1/s1. The summed E-state index contributed by atoms with van der Waals surface area (Å²) < 4.78 is 24.0. The number of ether oxygens (including phenoxy) is 4. The maximum absolute atomic E-state index is 14.5. The predicted octanol–water partition coefficient (Wildman–Crippen LogP) is 7.14. The summed E-state index contributed by atoms with van der Waals surface area (Å²) in [4.78, 5) is 31.7. The maximum Gasteiger partial charge on any atom is 0.323 e. The Bertz CT molecular complexity index is 1850. The van der Waals surface area contributed by atoms with E-state index in [0.29, 0.717) is 48.9 Å². The van der Waals surface area contributed by atoms with E-state index in [1.165, 1.54) is 0 Å². The Morgan fingerprint density at radius 3 is 2.60 bits per heavy atom. The van der Waals surface area contributed by atoms with E-state index in [1.54, 1.807) is 23.1 Å². The van der Waals surface area contributed by atoms with Crippen molar-refractivity contribution >= 4 is 34.1 Å². The quantitative estimate of drug-likeness (QED) is 0.177. The first-order chi connectivity index (χ1) is 25.2. The molecule has 0 spiro atoms. The van der Waals surface area contributed by atoms with E-state index in [2.05, 4.69) is 29.5 Å². The van der Waals surface area contributed by atoms with E-state index < -0.39 is 12.1 Å². The third kappa shape index (κ3) is 9.14. The molecule has 0 saturated carbocycles. The topological polar surface area (TPSA) is 122 Å². The lowest BCUT2D eigenvalue weighted by molar-refractivity contribution is -0.0177. The highest BCUT2D eigenvalue weighted by Crippen LogP contribution is 2.33. The summed E-state index contributed by atoms with van der Waals surface area (Å²) in [6.07, 6.45) is 2.22. The molecule has 0 fully saturated rings. The molecule has 0 aliphatic carbocycles. The summed E-state index contributed by atoms with van der Waals surface area (Å²) in [5, 5.41) is 18.1. The monoisotopic (exact) mass is 710 g/mol. The van der Waals surface area contributed by atoms with Gasteiger partial charge in [0.1, 0.15) is 5.75 Å². The number of amides is 3. The SMILES string of the molecule is C[C@@H]1CCCCO[C@H](CN(C)Cc2ccc3c(c2)OCO3)[C@H](C)CN([C@H](C)CO)C(=O)c2cc(NC(=O)Nc3cccc4ccccc34)ccc2O1. The number of benzene rings is 4. The Balaban J connectivity index is 1.22. The molecule has 0 saturated heterocycles. The van der Waals surface area contributed by atoms with Crippen LogP contribution in [0.25, 0.3) is 10.8 Å². The van der Waals surface area contributed by atoms with E-state index in [1.807, 2.05) is 74.5 Å². The molecule has 0 radical (unpaired) electrons. The van der Waals surface area contributed by atoms with Gasteiger partial charge in [-0.15, -0.1) is 0 Å². The Hall–Kier alpha value is -4.84. The van der Waals surface area contributed by atoms with Crippen LogP contribution < -0.4 is 24.8 Å². The number of hydrogen-bond donors (Lipinski definition) is 3. The van der Waals surface area contributed by atoms with Crippen LogP contribution >= 0.6 is 0 Å². The average Bonchev–Trinajstić information content (AvgIpc) is 3.61. The maximum atomic E-state index is 14.5. The molecule has 11 nitrogen and oxygen atoms in total. The van der Waals surface area contributed by atoms with Gasteiger partial charge in [-0.3, -0.25) is 9.69 Å². The van der Waals surface area contributed by atoms with Gasteiger partial charge in [-0.2, -0.15) is 0 Å². The van der Waals surface area contributed by atoms with E-state index in [9.17, 15) is 14.7 Å². The van der Waals surface area contributed by atoms with E-state index >= 15 is 0 Å².